The molecule has 6 nitrogen and oxygen atoms in total. The van der Waals surface area contributed by atoms with Gasteiger partial charge >= 0.3 is 5.69 Å². The molecule has 3 aromatic rings. The van der Waals surface area contributed by atoms with Gasteiger partial charge in [0.25, 0.3) is 0 Å². The SMILES string of the molecule is COc1ccc(Cn2c(=O)n(C)c3ncncc32)cc1. The number of hydrogen-bond acceptors (Lipinski definition) is 4. The summed E-state index contributed by atoms with van der Waals surface area (Å²) in [7, 11) is 3.34. The van der Waals surface area contributed by atoms with Crippen molar-refractivity contribution >= 4 is 11.2 Å². The van der Waals surface area contributed by atoms with Gasteiger partial charge in [-0.1, -0.05) is 12.1 Å². The summed E-state index contributed by atoms with van der Waals surface area (Å²) in [6.07, 6.45) is 3.10. The molecule has 0 saturated carbocycles. The van der Waals surface area contributed by atoms with Crippen LogP contribution in [0, 0.1) is 0 Å². The molecule has 0 amide bonds. The first-order valence-electron chi connectivity index (χ1n) is 6.19. The number of rotatable bonds is 3. The first-order valence-corrected chi connectivity index (χ1v) is 6.19. The van der Waals surface area contributed by atoms with Gasteiger partial charge in [-0.3, -0.25) is 9.13 Å². The second kappa shape index (κ2) is 4.80. The Morgan fingerprint density at radius 3 is 2.70 bits per heavy atom. The van der Waals surface area contributed by atoms with E-state index in [1.807, 2.05) is 24.3 Å². The molecule has 6 heteroatoms. The number of hydrogen-bond donors (Lipinski definition) is 0. The van der Waals surface area contributed by atoms with Crippen molar-refractivity contribution in [2.75, 3.05) is 7.11 Å². The molecule has 0 aliphatic heterocycles. The second-order valence-corrected chi connectivity index (χ2v) is 4.51. The molecule has 0 atom stereocenters. The summed E-state index contributed by atoms with van der Waals surface area (Å²) in [5.74, 6) is 0.794. The molecule has 0 unspecified atom stereocenters. The summed E-state index contributed by atoms with van der Waals surface area (Å²) < 4.78 is 8.32. The first-order chi connectivity index (χ1) is 9.70. The minimum absolute atomic E-state index is 0.101. The third-order valence-electron chi connectivity index (χ3n) is 3.30. The highest BCUT2D eigenvalue weighted by Gasteiger charge is 2.11. The lowest BCUT2D eigenvalue weighted by atomic mass is 10.2. The van der Waals surface area contributed by atoms with Crippen molar-refractivity contribution in [2.45, 2.75) is 6.54 Å². The van der Waals surface area contributed by atoms with Gasteiger partial charge in [0.15, 0.2) is 5.65 Å². The van der Waals surface area contributed by atoms with Gasteiger partial charge in [0.2, 0.25) is 0 Å². The van der Waals surface area contributed by atoms with Crippen LogP contribution >= 0.6 is 0 Å². The van der Waals surface area contributed by atoms with Crippen molar-refractivity contribution in [3.63, 3.8) is 0 Å². The smallest absolute Gasteiger partial charge is 0.330 e. The molecular weight excluding hydrogens is 256 g/mol. The quantitative estimate of drug-likeness (QED) is 0.717. The lowest BCUT2D eigenvalue weighted by Crippen LogP contribution is -2.22. The van der Waals surface area contributed by atoms with Crippen LogP contribution in [-0.2, 0) is 13.6 Å². The van der Waals surface area contributed by atoms with E-state index < -0.39 is 0 Å². The van der Waals surface area contributed by atoms with Gasteiger partial charge in [-0.05, 0) is 17.7 Å². The standard InChI is InChI=1S/C14H14N4O2/c1-17-13-12(7-15-9-16-13)18(14(17)19)8-10-3-5-11(20-2)6-4-10/h3-7,9H,8H2,1-2H3. The van der Waals surface area contributed by atoms with Crippen LogP contribution in [0.2, 0.25) is 0 Å². The molecule has 0 aliphatic rings. The van der Waals surface area contributed by atoms with Crippen LogP contribution < -0.4 is 10.4 Å². The van der Waals surface area contributed by atoms with Crippen molar-refractivity contribution in [1.82, 2.24) is 19.1 Å². The number of imidazole rings is 1. The van der Waals surface area contributed by atoms with Gasteiger partial charge in [-0.15, -0.1) is 0 Å². The van der Waals surface area contributed by atoms with Crippen molar-refractivity contribution in [1.29, 1.82) is 0 Å². The van der Waals surface area contributed by atoms with Crippen LogP contribution in [0.25, 0.3) is 11.2 Å². The van der Waals surface area contributed by atoms with E-state index in [4.69, 9.17) is 4.74 Å². The van der Waals surface area contributed by atoms with Gasteiger partial charge in [0, 0.05) is 7.05 Å². The Bertz CT molecular complexity index is 802. The lowest BCUT2D eigenvalue weighted by molar-refractivity contribution is 0.414. The molecule has 2 aromatic heterocycles. The molecule has 0 fully saturated rings. The van der Waals surface area contributed by atoms with Crippen molar-refractivity contribution in [3.05, 3.63) is 52.8 Å². The van der Waals surface area contributed by atoms with E-state index in [2.05, 4.69) is 9.97 Å². The Balaban J connectivity index is 2.06. The zero-order valence-corrected chi connectivity index (χ0v) is 11.3. The highest BCUT2D eigenvalue weighted by atomic mass is 16.5. The Kier molecular flexibility index (Phi) is 2.98. The van der Waals surface area contributed by atoms with Crippen LogP contribution in [-0.4, -0.2) is 26.2 Å². The van der Waals surface area contributed by atoms with Gasteiger partial charge in [0.1, 0.15) is 17.6 Å². The molecule has 2 heterocycles. The summed E-state index contributed by atoms with van der Waals surface area (Å²) in [6.45, 7) is 0.480. The summed E-state index contributed by atoms with van der Waals surface area (Å²) in [4.78, 5) is 20.4. The van der Waals surface area contributed by atoms with Crippen molar-refractivity contribution in [3.8, 4) is 5.75 Å². The van der Waals surface area contributed by atoms with E-state index in [-0.39, 0.29) is 5.69 Å². The molecule has 3 rings (SSSR count). The third-order valence-corrected chi connectivity index (χ3v) is 3.30. The van der Waals surface area contributed by atoms with Crippen molar-refractivity contribution in [2.24, 2.45) is 7.05 Å². The minimum Gasteiger partial charge on any atom is -0.497 e. The fourth-order valence-electron chi connectivity index (χ4n) is 2.21. The Labute approximate surface area is 115 Å². The zero-order chi connectivity index (χ0) is 14.1. The van der Waals surface area contributed by atoms with Crippen LogP contribution in [0.3, 0.4) is 0 Å². The predicted molar refractivity (Wildman–Crippen MR) is 74.9 cm³/mol. The van der Waals surface area contributed by atoms with E-state index in [0.717, 1.165) is 16.8 Å². The third kappa shape index (κ3) is 1.95. The van der Waals surface area contributed by atoms with E-state index >= 15 is 0 Å². The fourth-order valence-corrected chi connectivity index (χ4v) is 2.21. The topological polar surface area (TPSA) is 61.9 Å². The molecule has 0 N–H and O–H groups in total. The molecule has 1 aromatic carbocycles. The zero-order valence-electron chi connectivity index (χ0n) is 11.3. The highest BCUT2D eigenvalue weighted by Crippen LogP contribution is 2.14. The molecule has 0 radical (unpaired) electrons. The van der Waals surface area contributed by atoms with Gasteiger partial charge in [0.05, 0.1) is 19.9 Å². The summed E-state index contributed by atoms with van der Waals surface area (Å²) in [5.41, 5.74) is 2.29. The van der Waals surface area contributed by atoms with E-state index in [1.165, 1.54) is 10.9 Å². The van der Waals surface area contributed by atoms with Crippen LogP contribution in [0.5, 0.6) is 5.75 Å². The van der Waals surface area contributed by atoms with E-state index in [0.29, 0.717) is 12.2 Å². The van der Waals surface area contributed by atoms with Crippen LogP contribution in [0.1, 0.15) is 5.56 Å². The number of nitrogens with zero attached hydrogens (tertiary/aromatic N) is 4. The second-order valence-electron chi connectivity index (χ2n) is 4.51. The number of aromatic nitrogens is 4. The maximum atomic E-state index is 12.2. The number of ether oxygens (including phenoxy) is 1. The monoisotopic (exact) mass is 270 g/mol. The Hall–Kier alpha value is -2.63. The van der Waals surface area contributed by atoms with E-state index in [1.54, 1.807) is 24.9 Å². The molecule has 20 heavy (non-hydrogen) atoms. The molecule has 0 spiro atoms. The first kappa shape index (κ1) is 12.4. The van der Waals surface area contributed by atoms with Gasteiger partial charge in [-0.25, -0.2) is 14.8 Å². The average molecular weight is 270 g/mol. The normalized spacial score (nSPS) is 10.9. The summed E-state index contributed by atoms with van der Waals surface area (Å²) >= 11 is 0. The minimum atomic E-state index is -0.101. The predicted octanol–water partition coefficient (Wildman–Crippen LogP) is 1.19. The largest absolute Gasteiger partial charge is 0.497 e. The van der Waals surface area contributed by atoms with Gasteiger partial charge in [-0.2, -0.15) is 0 Å². The molecule has 0 aliphatic carbocycles. The highest BCUT2D eigenvalue weighted by molar-refractivity contribution is 5.70. The Morgan fingerprint density at radius 2 is 2.00 bits per heavy atom. The average Bonchev–Trinajstić information content (AvgIpc) is 2.74. The summed E-state index contributed by atoms with van der Waals surface area (Å²) in [6, 6.07) is 7.63. The maximum absolute atomic E-state index is 12.2. The number of aryl methyl sites for hydroxylation is 1. The molecule has 0 bridgehead atoms. The number of benzene rings is 1. The summed E-state index contributed by atoms with van der Waals surface area (Å²) in [5, 5.41) is 0. The number of methoxy groups -OCH3 is 1. The maximum Gasteiger partial charge on any atom is 0.330 e. The lowest BCUT2D eigenvalue weighted by Gasteiger charge is -2.04. The van der Waals surface area contributed by atoms with Crippen molar-refractivity contribution < 1.29 is 4.74 Å². The fraction of sp³-hybridized carbons (Fsp3) is 0.214. The Morgan fingerprint density at radius 1 is 1.25 bits per heavy atom. The number of fused-ring (bicyclic) bond motifs is 1. The molecular formula is C14H14N4O2. The molecule has 102 valence electrons. The molecule has 0 saturated heterocycles. The van der Waals surface area contributed by atoms with Crippen LogP contribution in [0.4, 0.5) is 0 Å². The van der Waals surface area contributed by atoms with E-state index in [9.17, 15) is 4.79 Å². The van der Waals surface area contributed by atoms with Crippen LogP contribution in [0.15, 0.2) is 41.6 Å². The van der Waals surface area contributed by atoms with Gasteiger partial charge < -0.3 is 4.74 Å².